The van der Waals surface area contributed by atoms with Gasteiger partial charge in [-0.1, -0.05) is 0 Å². The Morgan fingerprint density at radius 1 is 1.00 bits per heavy atom. The number of carbonyl (C=O) groups is 2. The standard InChI is InChI=1S/C17H15F2NO4/c1-9(21)16-14(7-11(23-2)8-15(16)24-3)20-17(22)10-4-5-12(18)13(19)6-10/h4-8H,1-3H3,(H,20,22). The second kappa shape index (κ2) is 7.08. The van der Waals surface area contributed by atoms with E-state index in [1.807, 2.05) is 0 Å². The van der Waals surface area contributed by atoms with E-state index in [0.717, 1.165) is 18.2 Å². The van der Waals surface area contributed by atoms with Crippen molar-refractivity contribution >= 4 is 17.4 Å². The molecule has 0 aromatic heterocycles. The van der Waals surface area contributed by atoms with Crippen molar-refractivity contribution in [2.75, 3.05) is 19.5 Å². The summed E-state index contributed by atoms with van der Waals surface area (Å²) < 4.78 is 36.5. The molecule has 0 aliphatic rings. The molecule has 0 bridgehead atoms. The van der Waals surface area contributed by atoms with Gasteiger partial charge in [0.25, 0.3) is 5.91 Å². The molecule has 126 valence electrons. The van der Waals surface area contributed by atoms with E-state index < -0.39 is 17.5 Å². The first kappa shape index (κ1) is 17.4. The molecule has 7 heteroatoms. The zero-order chi connectivity index (χ0) is 17.9. The van der Waals surface area contributed by atoms with Crippen molar-refractivity contribution in [3.8, 4) is 11.5 Å². The Labute approximate surface area is 137 Å². The van der Waals surface area contributed by atoms with E-state index in [2.05, 4.69) is 5.32 Å². The quantitative estimate of drug-likeness (QED) is 0.850. The lowest BCUT2D eigenvalue weighted by atomic mass is 10.1. The summed E-state index contributed by atoms with van der Waals surface area (Å²) in [5, 5.41) is 2.50. The molecule has 24 heavy (non-hydrogen) atoms. The van der Waals surface area contributed by atoms with E-state index >= 15 is 0 Å². The van der Waals surface area contributed by atoms with Crippen LogP contribution in [0.15, 0.2) is 30.3 Å². The number of hydrogen-bond donors (Lipinski definition) is 1. The minimum Gasteiger partial charge on any atom is -0.497 e. The topological polar surface area (TPSA) is 64.6 Å². The summed E-state index contributed by atoms with van der Waals surface area (Å²) in [6.07, 6.45) is 0. The lowest BCUT2D eigenvalue weighted by molar-refractivity contribution is 0.101. The Hall–Kier alpha value is -2.96. The predicted octanol–water partition coefficient (Wildman–Crippen LogP) is 3.44. The second-order valence-corrected chi connectivity index (χ2v) is 4.89. The molecule has 0 aliphatic carbocycles. The molecule has 1 N–H and O–H groups in total. The average molecular weight is 335 g/mol. The van der Waals surface area contributed by atoms with Crippen LogP contribution in [-0.2, 0) is 0 Å². The van der Waals surface area contributed by atoms with E-state index in [0.29, 0.717) is 5.75 Å². The maximum Gasteiger partial charge on any atom is 0.255 e. The predicted molar refractivity (Wildman–Crippen MR) is 83.9 cm³/mol. The molecule has 5 nitrogen and oxygen atoms in total. The molecule has 2 rings (SSSR count). The van der Waals surface area contributed by atoms with Crippen molar-refractivity contribution in [1.29, 1.82) is 0 Å². The van der Waals surface area contributed by atoms with Gasteiger partial charge in [0.2, 0.25) is 0 Å². The van der Waals surface area contributed by atoms with Crippen LogP contribution in [-0.4, -0.2) is 25.9 Å². The summed E-state index contributed by atoms with van der Waals surface area (Å²) in [7, 11) is 2.80. The molecular formula is C17H15F2NO4. The van der Waals surface area contributed by atoms with Gasteiger partial charge in [-0.25, -0.2) is 8.78 Å². The largest absolute Gasteiger partial charge is 0.497 e. The number of ether oxygens (including phenoxy) is 2. The molecule has 0 unspecified atom stereocenters. The average Bonchev–Trinajstić information content (AvgIpc) is 2.55. The third kappa shape index (κ3) is 3.51. The van der Waals surface area contributed by atoms with Crippen LogP contribution in [0.3, 0.4) is 0 Å². The second-order valence-electron chi connectivity index (χ2n) is 4.89. The van der Waals surface area contributed by atoms with E-state index in [-0.39, 0.29) is 28.3 Å². The molecule has 0 spiro atoms. The molecule has 2 aromatic carbocycles. The SMILES string of the molecule is COc1cc(NC(=O)c2ccc(F)c(F)c2)c(C(C)=O)c(OC)c1. The molecule has 2 aromatic rings. The van der Waals surface area contributed by atoms with Crippen molar-refractivity contribution in [2.24, 2.45) is 0 Å². The normalized spacial score (nSPS) is 10.2. The van der Waals surface area contributed by atoms with E-state index in [1.54, 1.807) is 0 Å². The van der Waals surface area contributed by atoms with Crippen molar-refractivity contribution in [1.82, 2.24) is 0 Å². The van der Waals surface area contributed by atoms with Crippen LogP contribution in [0.25, 0.3) is 0 Å². The molecular weight excluding hydrogens is 320 g/mol. The van der Waals surface area contributed by atoms with Crippen molar-refractivity contribution in [2.45, 2.75) is 6.92 Å². The first-order valence-electron chi connectivity index (χ1n) is 6.90. The molecule has 1 amide bonds. The molecule has 0 radical (unpaired) electrons. The number of Topliss-reactive ketones (excluding diaryl/α,β-unsaturated/α-hetero) is 1. The fourth-order valence-corrected chi connectivity index (χ4v) is 2.16. The number of anilines is 1. The van der Waals surface area contributed by atoms with Gasteiger partial charge < -0.3 is 14.8 Å². The first-order valence-corrected chi connectivity index (χ1v) is 6.90. The third-order valence-electron chi connectivity index (χ3n) is 3.31. The zero-order valence-electron chi connectivity index (χ0n) is 13.3. The van der Waals surface area contributed by atoms with Crippen LogP contribution in [0.4, 0.5) is 14.5 Å². The van der Waals surface area contributed by atoms with Gasteiger partial charge in [-0.2, -0.15) is 0 Å². The Kier molecular flexibility index (Phi) is 5.13. The summed E-state index contributed by atoms with van der Waals surface area (Å²) in [6.45, 7) is 1.32. The van der Waals surface area contributed by atoms with Crippen LogP contribution in [0.1, 0.15) is 27.6 Å². The molecule has 0 aliphatic heterocycles. The van der Waals surface area contributed by atoms with Gasteiger partial charge in [0.15, 0.2) is 17.4 Å². The number of carbonyl (C=O) groups excluding carboxylic acids is 2. The number of nitrogens with one attached hydrogen (secondary N) is 1. The number of ketones is 1. The van der Waals surface area contributed by atoms with Crippen LogP contribution in [0.5, 0.6) is 11.5 Å². The minimum atomic E-state index is -1.14. The molecule has 0 atom stereocenters. The lowest BCUT2D eigenvalue weighted by Gasteiger charge is -2.15. The summed E-state index contributed by atoms with van der Waals surface area (Å²) in [6, 6.07) is 5.71. The van der Waals surface area contributed by atoms with Gasteiger partial charge in [0, 0.05) is 17.7 Å². The van der Waals surface area contributed by atoms with Gasteiger partial charge in [0.05, 0.1) is 25.5 Å². The van der Waals surface area contributed by atoms with Gasteiger partial charge >= 0.3 is 0 Å². The highest BCUT2D eigenvalue weighted by atomic mass is 19.2. The lowest BCUT2D eigenvalue weighted by Crippen LogP contribution is -2.15. The molecule has 0 fully saturated rings. The van der Waals surface area contributed by atoms with Crippen LogP contribution >= 0.6 is 0 Å². The zero-order valence-corrected chi connectivity index (χ0v) is 13.3. The summed E-state index contributed by atoms with van der Waals surface area (Å²) >= 11 is 0. The Morgan fingerprint density at radius 3 is 2.25 bits per heavy atom. The fourth-order valence-electron chi connectivity index (χ4n) is 2.16. The number of amides is 1. The number of hydrogen-bond acceptors (Lipinski definition) is 4. The Bertz CT molecular complexity index is 805. The number of rotatable bonds is 5. The molecule has 0 saturated heterocycles. The minimum absolute atomic E-state index is 0.0924. The van der Waals surface area contributed by atoms with Crippen LogP contribution in [0.2, 0.25) is 0 Å². The maximum atomic E-state index is 13.3. The van der Waals surface area contributed by atoms with Crippen molar-refractivity contribution in [3.05, 3.63) is 53.1 Å². The van der Waals surface area contributed by atoms with E-state index in [9.17, 15) is 18.4 Å². The summed E-state index contributed by atoms with van der Waals surface area (Å²) in [5.41, 5.74) is 0.202. The van der Waals surface area contributed by atoms with Gasteiger partial charge in [-0.3, -0.25) is 9.59 Å². The highest BCUT2D eigenvalue weighted by Gasteiger charge is 2.19. The van der Waals surface area contributed by atoms with Gasteiger partial charge in [0.1, 0.15) is 11.5 Å². The summed E-state index contributed by atoms with van der Waals surface area (Å²) in [4.78, 5) is 24.1. The highest BCUT2D eigenvalue weighted by Crippen LogP contribution is 2.33. The smallest absolute Gasteiger partial charge is 0.255 e. The molecule has 0 heterocycles. The van der Waals surface area contributed by atoms with Crippen LogP contribution < -0.4 is 14.8 Å². The first-order chi connectivity index (χ1) is 11.4. The molecule has 0 saturated carbocycles. The number of methoxy groups -OCH3 is 2. The van der Waals surface area contributed by atoms with E-state index in [4.69, 9.17) is 9.47 Å². The van der Waals surface area contributed by atoms with Gasteiger partial charge in [-0.05, 0) is 25.1 Å². The summed E-state index contributed by atoms with van der Waals surface area (Å²) in [5.74, 6) is -2.65. The van der Waals surface area contributed by atoms with Gasteiger partial charge in [-0.15, -0.1) is 0 Å². The maximum absolute atomic E-state index is 13.3. The Balaban J connectivity index is 2.45. The number of benzene rings is 2. The fraction of sp³-hybridized carbons (Fsp3) is 0.176. The highest BCUT2D eigenvalue weighted by molar-refractivity contribution is 6.10. The Morgan fingerprint density at radius 2 is 1.71 bits per heavy atom. The van der Waals surface area contributed by atoms with Crippen molar-refractivity contribution < 1.29 is 27.8 Å². The van der Waals surface area contributed by atoms with E-state index in [1.165, 1.54) is 33.3 Å². The van der Waals surface area contributed by atoms with Crippen molar-refractivity contribution in [3.63, 3.8) is 0 Å². The number of halogens is 2. The third-order valence-corrected chi connectivity index (χ3v) is 3.31. The van der Waals surface area contributed by atoms with Crippen LogP contribution in [0, 0.1) is 11.6 Å². The monoisotopic (exact) mass is 335 g/mol.